The maximum atomic E-state index is 6.12. The molecule has 0 saturated heterocycles. The van der Waals surface area contributed by atoms with Crippen LogP contribution in [-0.2, 0) is 0 Å². The van der Waals surface area contributed by atoms with E-state index in [1.54, 1.807) is 6.07 Å². The maximum Gasteiger partial charge on any atom is 0.107 e. The predicted molar refractivity (Wildman–Crippen MR) is 88.2 cm³/mol. The first-order chi connectivity index (χ1) is 9.10. The van der Waals surface area contributed by atoms with Gasteiger partial charge in [0.2, 0.25) is 0 Å². The molecule has 0 aromatic heterocycles. The first-order valence-corrected chi connectivity index (χ1v) is 7.43. The van der Waals surface area contributed by atoms with E-state index in [1.165, 1.54) is 0 Å². The molecule has 19 heavy (non-hydrogen) atoms. The Bertz CT molecular complexity index is 419. The minimum atomic E-state index is 0.330. The van der Waals surface area contributed by atoms with Gasteiger partial charge in [-0.15, -0.1) is 0 Å². The normalized spacial score (nSPS) is 10.7. The molecule has 0 bridgehead atoms. The number of benzene rings is 1. The standard InChI is InChI=1S/C14H22ClN3S/c1-3-18(4-2)10-6-9-17-12-8-5-7-11(15)13(12)14(16)19/h5,7-8,17H,3-4,6,9-10H2,1-2H3,(H2,16,19). The van der Waals surface area contributed by atoms with Crippen LogP contribution in [0.3, 0.4) is 0 Å². The van der Waals surface area contributed by atoms with Crippen LogP contribution in [0.15, 0.2) is 18.2 Å². The SMILES string of the molecule is CCN(CC)CCCNc1cccc(Cl)c1C(N)=S. The third-order valence-electron chi connectivity index (χ3n) is 3.12. The summed E-state index contributed by atoms with van der Waals surface area (Å²) in [6.45, 7) is 8.50. The summed E-state index contributed by atoms with van der Waals surface area (Å²) in [6, 6.07) is 5.66. The third-order valence-corrected chi connectivity index (χ3v) is 3.64. The molecule has 1 aromatic rings. The molecule has 5 heteroatoms. The van der Waals surface area contributed by atoms with Gasteiger partial charge in [-0.25, -0.2) is 0 Å². The topological polar surface area (TPSA) is 41.3 Å². The van der Waals surface area contributed by atoms with Gasteiger partial charge in [0.1, 0.15) is 4.99 Å². The zero-order chi connectivity index (χ0) is 14.3. The van der Waals surface area contributed by atoms with Gasteiger partial charge in [-0.1, -0.05) is 43.7 Å². The number of hydrogen-bond acceptors (Lipinski definition) is 3. The van der Waals surface area contributed by atoms with Crippen LogP contribution >= 0.6 is 23.8 Å². The van der Waals surface area contributed by atoms with Gasteiger partial charge in [0, 0.05) is 12.2 Å². The van der Waals surface area contributed by atoms with E-state index in [-0.39, 0.29) is 0 Å². The fraction of sp³-hybridized carbons (Fsp3) is 0.500. The molecule has 1 rings (SSSR count). The molecule has 1 aromatic carbocycles. The van der Waals surface area contributed by atoms with E-state index in [0.717, 1.165) is 43.9 Å². The van der Waals surface area contributed by atoms with Gasteiger partial charge in [0.15, 0.2) is 0 Å². The van der Waals surface area contributed by atoms with E-state index < -0.39 is 0 Å². The van der Waals surface area contributed by atoms with Crippen molar-refractivity contribution in [2.24, 2.45) is 5.73 Å². The fourth-order valence-electron chi connectivity index (χ4n) is 1.99. The largest absolute Gasteiger partial charge is 0.389 e. The van der Waals surface area contributed by atoms with Crippen molar-refractivity contribution < 1.29 is 0 Å². The van der Waals surface area contributed by atoms with E-state index in [1.807, 2.05) is 12.1 Å². The van der Waals surface area contributed by atoms with E-state index in [0.29, 0.717) is 10.0 Å². The van der Waals surface area contributed by atoms with Gasteiger partial charge in [0.25, 0.3) is 0 Å². The van der Waals surface area contributed by atoms with Crippen molar-refractivity contribution in [3.63, 3.8) is 0 Å². The average Bonchev–Trinajstić information content (AvgIpc) is 2.38. The molecule has 3 N–H and O–H groups in total. The number of halogens is 1. The quantitative estimate of drug-likeness (QED) is 0.572. The van der Waals surface area contributed by atoms with Crippen molar-refractivity contribution >= 4 is 34.5 Å². The van der Waals surface area contributed by atoms with Crippen LogP contribution in [0, 0.1) is 0 Å². The predicted octanol–water partition coefficient (Wildman–Crippen LogP) is 3.12. The molecule has 0 heterocycles. The Morgan fingerprint density at radius 1 is 1.37 bits per heavy atom. The van der Waals surface area contributed by atoms with Crippen LogP contribution in [0.4, 0.5) is 5.69 Å². The lowest BCUT2D eigenvalue weighted by atomic mass is 10.1. The molecule has 0 radical (unpaired) electrons. The molecule has 0 aliphatic rings. The first kappa shape index (κ1) is 16.2. The summed E-state index contributed by atoms with van der Waals surface area (Å²) in [5.74, 6) is 0. The second-order valence-electron chi connectivity index (χ2n) is 4.33. The minimum Gasteiger partial charge on any atom is -0.389 e. The van der Waals surface area contributed by atoms with Crippen LogP contribution in [-0.4, -0.2) is 36.1 Å². The average molecular weight is 300 g/mol. The molecule has 3 nitrogen and oxygen atoms in total. The summed E-state index contributed by atoms with van der Waals surface area (Å²) in [7, 11) is 0. The van der Waals surface area contributed by atoms with Gasteiger partial charge in [-0.2, -0.15) is 0 Å². The molecule has 0 saturated carbocycles. The van der Waals surface area contributed by atoms with E-state index in [4.69, 9.17) is 29.6 Å². The zero-order valence-corrected chi connectivity index (χ0v) is 13.2. The molecular formula is C14H22ClN3S. The van der Waals surface area contributed by atoms with Crippen molar-refractivity contribution in [1.29, 1.82) is 0 Å². The molecule has 0 atom stereocenters. The van der Waals surface area contributed by atoms with Gasteiger partial charge in [-0.05, 0) is 38.2 Å². The summed E-state index contributed by atoms with van der Waals surface area (Å²) < 4.78 is 0. The Morgan fingerprint density at radius 3 is 2.63 bits per heavy atom. The Balaban J connectivity index is 2.54. The number of hydrogen-bond donors (Lipinski definition) is 2. The Hall–Kier alpha value is -0.840. The number of nitrogens with one attached hydrogen (secondary N) is 1. The van der Waals surface area contributed by atoms with E-state index in [9.17, 15) is 0 Å². The van der Waals surface area contributed by atoms with E-state index in [2.05, 4.69) is 24.1 Å². The number of anilines is 1. The van der Waals surface area contributed by atoms with Crippen molar-refractivity contribution in [3.8, 4) is 0 Å². The van der Waals surface area contributed by atoms with Crippen LogP contribution < -0.4 is 11.1 Å². The number of nitrogens with zero attached hydrogens (tertiary/aromatic N) is 1. The van der Waals surface area contributed by atoms with Crippen molar-refractivity contribution in [3.05, 3.63) is 28.8 Å². The maximum absolute atomic E-state index is 6.12. The summed E-state index contributed by atoms with van der Waals surface area (Å²) >= 11 is 11.2. The van der Waals surface area contributed by atoms with Crippen molar-refractivity contribution in [2.75, 3.05) is 31.5 Å². The Labute approximate surface area is 126 Å². The van der Waals surface area contributed by atoms with Crippen LogP contribution in [0.2, 0.25) is 5.02 Å². The van der Waals surface area contributed by atoms with Gasteiger partial charge in [0.05, 0.1) is 10.6 Å². The highest BCUT2D eigenvalue weighted by Gasteiger charge is 2.09. The summed E-state index contributed by atoms with van der Waals surface area (Å²) in [5.41, 5.74) is 7.36. The molecule has 106 valence electrons. The molecule has 0 spiro atoms. The lowest BCUT2D eigenvalue weighted by molar-refractivity contribution is 0.303. The third kappa shape index (κ3) is 4.97. The zero-order valence-electron chi connectivity index (χ0n) is 11.6. The number of thiocarbonyl (C=S) groups is 1. The second-order valence-corrected chi connectivity index (χ2v) is 5.18. The van der Waals surface area contributed by atoms with Gasteiger partial charge >= 0.3 is 0 Å². The Kier molecular flexibility index (Phi) is 7.13. The summed E-state index contributed by atoms with van der Waals surface area (Å²) in [6.07, 6.45) is 1.07. The summed E-state index contributed by atoms with van der Waals surface area (Å²) in [4.78, 5) is 2.73. The molecule has 0 amide bonds. The Morgan fingerprint density at radius 2 is 2.05 bits per heavy atom. The lowest BCUT2D eigenvalue weighted by Gasteiger charge is -2.18. The fourth-order valence-corrected chi connectivity index (χ4v) is 2.54. The van der Waals surface area contributed by atoms with Crippen LogP contribution in [0.5, 0.6) is 0 Å². The highest BCUT2D eigenvalue weighted by atomic mass is 35.5. The number of nitrogens with two attached hydrogens (primary N) is 1. The van der Waals surface area contributed by atoms with Crippen molar-refractivity contribution in [1.82, 2.24) is 4.90 Å². The monoisotopic (exact) mass is 299 g/mol. The minimum absolute atomic E-state index is 0.330. The summed E-state index contributed by atoms with van der Waals surface area (Å²) in [5, 5.41) is 3.96. The highest BCUT2D eigenvalue weighted by molar-refractivity contribution is 7.80. The highest BCUT2D eigenvalue weighted by Crippen LogP contribution is 2.24. The lowest BCUT2D eigenvalue weighted by Crippen LogP contribution is -2.25. The molecule has 0 aliphatic carbocycles. The van der Waals surface area contributed by atoms with Gasteiger partial charge < -0.3 is 16.0 Å². The first-order valence-electron chi connectivity index (χ1n) is 6.64. The molecule has 0 fully saturated rings. The number of rotatable bonds is 8. The molecule has 0 unspecified atom stereocenters. The van der Waals surface area contributed by atoms with Crippen LogP contribution in [0.25, 0.3) is 0 Å². The van der Waals surface area contributed by atoms with Crippen LogP contribution in [0.1, 0.15) is 25.8 Å². The second kappa shape index (κ2) is 8.35. The molecular weight excluding hydrogens is 278 g/mol. The molecule has 0 aliphatic heterocycles. The van der Waals surface area contributed by atoms with Crippen molar-refractivity contribution in [2.45, 2.75) is 20.3 Å². The van der Waals surface area contributed by atoms with Gasteiger partial charge in [-0.3, -0.25) is 0 Å². The van der Waals surface area contributed by atoms with E-state index >= 15 is 0 Å². The smallest absolute Gasteiger partial charge is 0.107 e.